The van der Waals surface area contributed by atoms with Crippen molar-refractivity contribution < 1.29 is 23.9 Å². The molecular formula is C35H42O5. The second-order valence-electron chi connectivity index (χ2n) is 13.5. The number of ether oxygens (including phenoxy) is 2. The zero-order valence-electron chi connectivity index (χ0n) is 24.0. The van der Waals surface area contributed by atoms with Crippen molar-refractivity contribution in [1.82, 2.24) is 0 Å². The average Bonchev–Trinajstić information content (AvgIpc) is 3.31. The minimum atomic E-state index is -0.264. The summed E-state index contributed by atoms with van der Waals surface area (Å²) in [5, 5.41) is 0. The van der Waals surface area contributed by atoms with Gasteiger partial charge in [0.05, 0.1) is 11.1 Å². The van der Waals surface area contributed by atoms with Crippen molar-refractivity contribution in [3.8, 4) is 0 Å². The van der Waals surface area contributed by atoms with E-state index in [0.717, 1.165) is 51.4 Å². The van der Waals surface area contributed by atoms with E-state index in [9.17, 15) is 14.4 Å². The zero-order chi connectivity index (χ0) is 28.1. The highest BCUT2D eigenvalue weighted by Crippen LogP contribution is 2.68. The van der Waals surface area contributed by atoms with Gasteiger partial charge in [0.15, 0.2) is 0 Å². The summed E-state index contributed by atoms with van der Waals surface area (Å²) in [5.74, 6) is 1.36. The Morgan fingerprint density at radius 2 is 1.38 bits per heavy atom. The van der Waals surface area contributed by atoms with Gasteiger partial charge >= 0.3 is 11.9 Å². The van der Waals surface area contributed by atoms with E-state index in [1.54, 1.807) is 19.1 Å². The molecule has 9 atom stereocenters. The van der Waals surface area contributed by atoms with Crippen LogP contribution >= 0.6 is 0 Å². The SMILES string of the molecule is CC(=O)[C@H]1CC[C@H]2[C@@H]3CC[C@@H]4C[C@@H](OC(=O)c5ccccc5)CC[C@]4(C)[C@H]3[C@H](OC(=O)c3ccccc3)C[C@]12C. The molecule has 0 heterocycles. The number of ketones is 1. The summed E-state index contributed by atoms with van der Waals surface area (Å²) in [4.78, 5) is 39.0. The number of fused-ring (bicyclic) bond motifs is 5. The predicted molar refractivity (Wildman–Crippen MR) is 153 cm³/mol. The van der Waals surface area contributed by atoms with Crippen LogP contribution in [0.5, 0.6) is 0 Å². The number of hydrogen-bond acceptors (Lipinski definition) is 5. The smallest absolute Gasteiger partial charge is 0.338 e. The van der Waals surface area contributed by atoms with Gasteiger partial charge < -0.3 is 9.47 Å². The van der Waals surface area contributed by atoms with Crippen molar-refractivity contribution in [3.05, 3.63) is 71.8 Å². The Kier molecular flexibility index (Phi) is 7.13. The number of rotatable bonds is 5. The fourth-order valence-electron chi connectivity index (χ4n) is 9.77. The van der Waals surface area contributed by atoms with Crippen LogP contribution in [0.3, 0.4) is 0 Å². The van der Waals surface area contributed by atoms with Gasteiger partial charge in [0, 0.05) is 11.8 Å². The van der Waals surface area contributed by atoms with E-state index >= 15 is 0 Å². The van der Waals surface area contributed by atoms with Gasteiger partial charge in [-0.15, -0.1) is 0 Å². The van der Waals surface area contributed by atoms with Crippen molar-refractivity contribution >= 4 is 17.7 Å². The van der Waals surface area contributed by atoms with Crippen LogP contribution in [-0.2, 0) is 14.3 Å². The van der Waals surface area contributed by atoms with Crippen LogP contribution in [0.4, 0.5) is 0 Å². The molecule has 5 heteroatoms. The van der Waals surface area contributed by atoms with E-state index < -0.39 is 0 Å². The molecule has 4 fully saturated rings. The molecule has 4 aliphatic rings. The van der Waals surface area contributed by atoms with Crippen LogP contribution in [0, 0.1) is 40.4 Å². The second kappa shape index (κ2) is 10.5. The van der Waals surface area contributed by atoms with Crippen LogP contribution in [0.25, 0.3) is 0 Å². The quantitative estimate of drug-likeness (QED) is 0.371. The van der Waals surface area contributed by atoms with Crippen molar-refractivity contribution in [1.29, 1.82) is 0 Å². The van der Waals surface area contributed by atoms with Crippen LogP contribution in [0.15, 0.2) is 60.7 Å². The molecule has 6 rings (SSSR count). The number of hydrogen-bond donors (Lipinski definition) is 0. The first kappa shape index (κ1) is 27.2. The molecule has 0 saturated heterocycles. The number of carbonyl (C=O) groups is 3. The fraction of sp³-hybridized carbons (Fsp3) is 0.571. The highest BCUT2D eigenvalue weighted by Gasteiger charge is 2.64. The Morgan fingerprint density at radius 1 is 0.750 bits per heavy atom. The van der Waals surface area contributed by atoms with E-state index in [-0.39, 0.29) is 52.6 Å². The maximum atomic E-state index is 13.4. The van der Waals surface area contributed by atoms with E-state index in [4.69, 9.17) is 9.47 Å². The molecule has 5 nitrogen and oxygen atoms in total. The third-order valence-corrected chi connectivity index (χ3v) is 11.6. The first-order valence-corrected chi connectivity index (χ1v) is 15.2. The summed E-state index contributed by atoms with van der Waals surface area (Å²) in [7, 11) is 0. The van der Waals surface area contributed by atoms with Crippen molar-refractivity contribution in [2.24, 2.45) is 40.4 Å². The molecule has 4 aliphatic carbocycles. The summed E-state index contributed by atoms with van der Waals surface area (Å²) in [6, 6.07) is 18.5. The Balaban J connectivity index is 1.27. The van der Waals surface area contributed by atoms with Gasteiger partial charge in [-0.25, -0.2) is 9.59 Å². The predicted octanol–water partition coefficient (Wildman–Crippen LogP) is 7.30. The standard InChI is InChI=1S/C35H42O5/c1-22(36)28-16-17-29-27-15-14-25-20-26(39-32(37)23-10-6-4-7-11-23)18-19-34(25,2)31(27)30(21-35(28,29)3)40-33(38)24-12-8-5-9-13-24/h4-13,25-31H,14-21H2,1-3H3/t25-,26+,27+,28-,29+,30-,31-,34+,35-/m1/s1. The van der Waals surface area contributed by atoms with Crippen LogP contribution in [0.1, 0.15) is 92.9 Å². The molecule has 40 heavy (non-hydrogen) atoms. The Labute approximate surface area is 238 Å². The van der Waals surface area contributed by atoms with E-state index in [1.165, 1.54) is 0 Å². The Morgan fingerprint density at radius 3 is 2.00 bits per heavy atom. The third-order valence-electron chi connectivity index (χ3n) is 11.6. The highest BCUT2D eigenvalue weighted by atomic mass is 16.5. The molecule has 0 aliphatic heterocycles. The van der Waals surface area contributed by atoms with Crippen LogP contribution in [-0.4, -0.2) is 29.9 Å². The normalized spacial score (nSPS) is 38.3. The average molecular weight is 543 g/mol. The molecule has 0 amide bonds. The van der Waals surface area contributed by atoms with E-state index in [0.29, 0.717) is 28.9 Å². The summed E-state index contributed by atoms with van der Waals surface area (Å²) >= 11 is 0. The first-order valence-electron chi connectivity index (χ1n) is 15.2. The third kappa shape index (κ3) is 4.59. The van der Waals surface area contributed by atoms with E-state index in [1.807, 2.05) is 48.5 Å². The van der Waals surface area contributed by atoms with Crippen LogP contribution < -0.4 is 0 Å². The first-order chi connectivity index (χ1) is 19.2. The fourth-order valence-corrected chi connectivity index (χ4v) is 9.77. The summed E-state index contributed by atoms with van der Waals surface area (Å²) in [6.07, 6.45) is 7.26. The number of esters is 2. The number of benzene rings is 2. The minimum Gasteiger partial charge on any atom is -0.459 e. The molecule has 0 unspecified atom stereocenters. The van der Waals surface area contributed by atoms with Gasteiger partial charge in [0.2, 0.25) is 0 Å². The molecule has 0 radical (unpaired) electrons. The lowest BCUT2D eigenvalue weighted by Crippen LogP contribution is -2.60. The molecule has 0 bridgehead atoms. The number of Topliss-reactive ketones (excluding diaryl/α,β-unsaturated/α-hetero) is 1. The summed E-state index contributed by atoms with van der Waals surface area (Å²) in [6.45, 7) is 6.45. The zero-order valence-corrected chi connectivity index (χ0v) is 24.0. The molecule has 2 aromatic carbocycles. The molecule has 0 spiro atoms. The maximum Gasteiger partial charge on any atom is 0.338 e. The van der Waals surface area contributed by atoms with Gasteiger partial charge in [0.25, 0.3) is 0 Å². The Hall–Kier alpha value is -2.95. The molecule has 4 saturated carbocycles. The Bertz CT molecular complexity index is 1260. The van der Waals surface area contributed by atoms with Gasteiger partial charge in [-0.1, -0.05) is 50.2 Å². The van der Waals surface area contributed by atoms with Gasteiger partial charge in [-0.2, -0.15) is 0 Å². The van der Waals surface area contributed by atoms with Crippen molar-refractivity contribution in [2.75, 3.05) is 0 Å². The molecule has 212 valence electrons. The largest absolute Gasteiger partial charge is 0.459 e. The van der Waals surface area contributed by atoms with Gasteiger partial charge in [0.1, 0.15) is 18.0 Å². The minimum absolute atomic E-state index is 0.00412. The lowest BCUT2D eigenvalue weighted by Gasteiger charge is -2.62. The van der Waals surface area contributed by atoms with Crippen molar-refractivity contribution in [2.45, 2.75) is 84.3 Å². The molecule has 0 N–H and O–H groups in total. The maximum absolute atomic E-state index is 13.4. The van der Waals surface area contributed by atoms with Gasteiger partial charge in [-0.05, 0) is 111 Å². The van der Waals surface area contributed by atoms with Crippen LogP contribution in [0.2, 0.25) is 0 Å². The topological polar surface area (TPSA) is 69.7 Å². The van der Waals surface area contributed by atoms with Gasteiger partial charge in [-0.3, -0.25) is 4.79 Å². The highest BCUT2D eigenvalue weighted by molar-refractivity contribution is 5.90. The lowest BCUT2D eigenvalue weighted by atomic mass is 9.43. The lowest BCUT2D eigenvalue weighted by molar-refractivity contribution is -0.179. The second-order valence-corrected chi connectivity index (χ2v) is 13.5. The molecule has 2 aromatic rings. The summed E-state index contributed by atoms with van der Waals surface area (Å²) < 4.78 is 12.5. The van der Waals surface area contributed by atoms with E-state index in [2.05, 4.69) is 13.8 Å². The summed E-state index contributed by atoms with van der Waals surface area (Å²) in [5.41, 5.74) is 1.03. The monoisotopic (exact) mass is 542 g/mol. The van der Waals surface area contributed by atoms with Crippen molar-refractivity contribution in [3.63, 3.8) is 0 Å². The number of carbonyl (C=O) groups excluding carboxylic acids is 3. The molecular weight excluding hydrogens is 500 g/mol. The molecule has 0 aromatic heterocycles.